The number of carbonyl (C=O) groups excluding carboxylic acids is 1. The highest BCUT2D eigenvalue weighted by Gasteiger charge is 2.16. The fourth-order valence-corrected chi connectivity index (χ4v) is 3.22. The number of amides is 1. The standard InChI is InChI=1S/C20H25N3O2/c1-13(2)17-8-18-16(12-25-19(18)6-14(17)3)7-20(24)22(4)10-15-9-21-23(5)11-15/h6,8-9,11-13H,7,10H2,1-5H3. The molecular weight excluding hydrogens is 314 g/mol. The highest BCUT2D eigenvalue weighted by atomic mass is 16.3. The molecule has 5 heteroatoms. The van der Waals surface area contributed by atoms with E-state index in [0.717, 1.165) is 22.1 Å². The maximum absolute atomic E-state index is 12.6. The monoisotopic (exact) mass is 339 g/mol. The summed E-state index contributed by atoms with van der Waals surface area (Å²) in [5.41, 5.74) is 5.34. The van der Waals surface area contributed by atoms with E-state index >= 15 is 0 Å². The smallest absolute Gasteiger partial charge is 0.227 e. The van der Waals surface area contributed by atoms with Crippen LogP contribution >= 0.6 is 0 Å². The minimum Gasteiger partial charge on any atom is -0.464 e. The van der Waals surface area contributed by atoms with Gasteiger partial charge in [-0.05, 0) is 36.1 Å². The topological polar surface area (TPSA) is 51.3 Å². The van der Waals surface area contributed by atoms with Crippen LogP contribution in [0.25, 0.3) is 11.0 Å². The quantitative estimate of drug-likeness (QED) is 0.710. The zero-order chi connectivity index (χ0) is 18.1. The van der Waals surface area contributed by atoms with Crippen LogP contribution < -0.4 is 0 Å². The molecular formula is C20H25N3O2. The van der Waals surface area contributed by atoms with E-state index in [-0.39, 0.29) is 5.91 Å². The van der Waals surface area contributed by atoms with Crippen molar-refractivity contribution in [2.24, 2.45) is 7.05 Å². The van der Waals surface area contributed by atoms with Gasteiger partial charge in [0, 0.05) is 43.4 Å². The predicted molar refractivity (Wildman–Crippen MR) is 98.4 cm³/mol. The van der Waals surface area contributed by atoms with Gasteiger partial charge in [-0.3, -0.25) is 9.48 Å². The molecule has 5 nitrogen and oxygen atoms in total. The molecule has 0 saturated heterocycles. The molecule has 2 heterocycles. The summed E-state index contributed by atoms with van der Waals surface area (Å²) in [6.07, 6.45) is 5.76. The normalized spacial score (nSPS) is 11.4. The van der Waals surface area contributed by atoms with Gasteiger partial charge < -0.3 is 9.32 Å². The number of hydrogen-bond donors (Lipinski definition) is 0. The van der Waals surface area contributed by atoms with Crippen molar-refractivity contribution >= 4 is 16.9 Å². The second-order valence-electron chi connectivity index (χ2n) is 7.07. The van der Waals surface area contributed by atoms with Crippen LogP contribution in [0.2, 0.25) is 0 Å². The van der Waals surface area contributed by atoms with Crippen molar-refractivity contribution in [1.82, 2.24) is 14.7 Å². The summed E-state index contributed by atoms with van der Waals surface area (Å²) in [7, 11) is 3.69. The number of aromatic nitrogens is 2. The molecule has 0 aliphatic carbocycles. The summed E-state index contributed by atoms with van der Waals surface area (Å²) in [5.74, 6) is 0.509. The molecule has 3 rings (SSSR count). The SMILES string of the molecule is Cc1cc2occ(CC(=O)N(C)Cc3cnn(C)c3)c2cc1C(C)C. The van der Waals surface area contributed by atoms with E-state index in [2.05, 4.69) is 38.0 Å². The number of fused-ring (bicyclic) bond motifs is 1. The van der Waals surface area contributed by atoms with E-state index < -0.39 is 0 Å². The fraction of sp³-hybridized carbons (Fsp3) is 0.400. The van der Waals surface area contributed by atoms with Crippen molar-refractivity contribution in [3.05, 3.63) is 53.0 Å². The van der Waals surface area contributed by atoms with Crippen molar-refractivity contribution in [2.45, 2.75) is 39.7 Å². The van der Waals surface area contributed by atoms with Gasteiger partial charge in [0.25, 0.3) is 0 Å². The molecule has 2 aromatic heterocycles. The maximum atomic E-state index is 12.6. The lowest BCUT2D eigenvalue weighted by molar-refractivity contribution is -0.129. The van der Waals surface area contributed by atoms with Crippen LogP contribution in [0.15, 0.2) is 35.2 Å². The molecule has 0 atom stereocenters. The molecule has 25 heavy (non-hydrogen) atoms. The summed E-state index contributed by atoms with van der Waals surface area (Å²) in [4.78, 5) is 14.3. The molecule has 0 unspecified atom stereocenters. The van der Waals surface area contributed by atoms with Gasteiger partial charge in [0.05, 0.1) is 18.9 Å². The van der Waals surface area contributed by atoms with Crippen LogP contribution in [0.1, 0.15) is 42.0 Å². The predicted octanol–water partition coefficient (Wildman–Crippen LogP) is 3.80. The fourth-order valence-electron chi connectivity index (χ4n) is 3.22. The van der Waals surface area contributed by atoms with E-state index in [1.807, 2.05) is 20.3 Å². The van der Waals surface area contributed by atoms with Gasteiger partial charge >= 0.3 is 0 Å². The van der Waals surface area contributed by atoms with Crippen LogP contribution in [0.4, 0.5) is 0 Å². The Morgan fingerprint density at radius 2 is 2.12 bits per heavy atom. The average molecular weight is 339 g/mol. The zero-order valence-corrected chi connectivity index (χ0v) is 15.5. The number of rotatable bonds is 5. The maximum Gasteiger partial charge on any atom is 0.227 e. The Kier molecular flexibility index (Phi) is 4.66. The first kappa shape index (κ1) is 17.3. The Bertz CT molecular complexity index is 905. The molecule has 0 bridgehead atoms. The average Bonchev–Trinajstić information content (AvgIpc) is 3.12. The van der Waals surface area contributed by atoms with Gasteiger partial charge in [0.1, 0.15) is 5.58 Å². The number of aryl methyl sites for hydroxylation is 2. The lowest BCUT2D eigenvalue weighted by Gasteiger charge is -2.16. The second kappa shape index (κ2) is 6.75. The number of nitrogens with zero attached hydrogens (tertiary/aromatic N) is 3. The highest BCUT2D eigenvalue weighted by Crippen LogP contribution is 2.29. The van der Waals surface area contributed by atoms with Crippen molar-refractivity contribution in [1.29, 1.82) is 0 Å². The second-order valence-corrected chi connectivity index (χ2v) is 7.07. The Morgan fingerprint density at radius 3 is 2.76 bits per heavy atom. The van der Waals surface area contributed by atoms with Gasteiger partial charge in [0.2, 0.25) is 5.91 Å². The third kappa shape index (κ3) is 3.60. The number of carbonyl (C=O) groups is 1. The van der Waals surface area contributed by atoms with Crippen LogP contribution in [0.5, 0.6) is 0 Å². The number of benzene rings is 1. The Hall–Kier alpha value is -2.56. The lowest BCUT2D eigenvalue weighted by atomic mass is 9.95. The third-order valence-corrected chi connectivity index (χ3v) is 4.61. The molecule has 0 spiro atoms. The lowest BCUT2D eigenvalue weighted by Crippen LogP contribution is -2.27. The molecule has 132 valence electrons. The van der Waals surface area contributed by atoms with Gasteiger partial charge in [-0.1, -0.05) is 13.8 Å². The molecule has 0 saturated carbocycles. The number of furan rings is 1. The molecule has 3 aromatic rings. The van der Waals surface area contributed by atoms with E-state index in [9.17, 15) is 4.79 Å². The van der Waals surface area contributed by atoms with Crippen LogP contribution in [0.3, 0.4) is 0 Å². The minimum atomic E-state index is 0.0678. The first-order valence-electron chi connectivity index (χ1n) is 8.57. The largest absolute Gasteiger partial charge is 0.464 e. The van der Waals surface area contributed by atoms with Gasteiger partial charge in [-0.15, -0.1) is 0 Å². The molecule has 1 amide bonds. The van der Waals surface area contributed by atoms with Crippen molar-refractivity contribution in [3.63, 3.8) is 0 Å². The van der Waals surface area contributed by atoms with Crippen molar-refractivity contribution in [3.8, 4) is 0 Å². The molecule has 1 aromatic carbocycles. The summed E-state index contributed by atoms with van der Waals surface area (Å²) >= 11 is 0. The molecule has 0 aliphatic heterocycles. The van der Waals surface area contributed by atoms with Gasteiger partial charge in [-0.2, -0.15) is 5.10 Å². The molecule has 0 fully saturated rings. The molecule has 0 N–H and O–H groups in total. The van der Waals surface area contributed by atoms with E-state index in [1.165, 1.54) is 11.1 Å². The Morgan fingerprint density at radius 1 is 1.36 bits per heavy atom. The zero-order valence-electron chi connectivity index (χ0n) is 15.5. The highest BCUT2D eigenvalue weighted by molar-refractivity contribution is 5.88. The van der Waals surface area contributed by atoms with E-state index in [1.54, 1.807) is 22.0 Å². The minimum absolute atomic E-state index is 0.0678. The van der Waals surface area contributed by atoms with Gasteiger partial charge in [-0.25, -0.2) is 0 Å². The number of hydrogen-bond acceptors (Lipinski definition) is 3. The molecule has 0 radical (unpaired) electrons. The first-order chi connectivity index (χ1) is 11.8. The Labute approximate surface area is 148 Å². The summed E-state index contributed by atoms with van der Waals surface area (Å²) in [6, 6.07) is 4.24. The summed E-state index contributed by atoms with van der Waals surface area (Å²) in [5, 5.41) is 5.18. The summed E-state index contributed by atoms with van der Waals surface area (Å²) in [6.45, 7) is 7.02. The van der Waals surface area contributed by atoms with Crippen LogP contribution in [-0.4, -0.2) is 27.6 Å². The van der Waals surface area contributed by atoms with Crippen LogP contribution in [0, 0.1) is 6.92 Å². The van der Waals surface area contributed by atoms with Crippen LogP contribution in [-0.2, 0) is 24.8 Å². The van der Waals surface area contributed by atoms with E-state index in [0.29, 0.717) is 18.9 Å². The van der Waals surface area contributed by atoms with Crippen molar-refractivity contribution < 1.29 is 9.21 Å². The van der Waals surface area contributed by atoms with Gasteiger partial charge in [0.15, 0.2) is 0 Å². The first-order valence-corrected chi connectivity index (χ1v) is 8.57. The molecule has 0 aliphatic rings. The summed E-state index contributed by atoms with van der Waals surface area (Å²) < 4.78 is 7.43. The van der Waals surface area contributed by atoms with Crippen molar-refractivity contribution in [2.75, 3.05) is 7.05 Å². The van der Waals surface area contributed by atoms with E-state index in [4.69, 9.17) is 4.42 Å². The Balaban J connectivity index is 1.79. The third-order valence-electron chi connectivity index (χ3n) is 4.61. The number of likely N-dealkylation sites (N-methyl/N-ethyl adjacent to an activating group) is 1.